The highest BCUT2D eigenvalue weighted by Crippen LogP contribution is 2.39. The SMILES string of the molecule is CCCC(=O)OC[N+]1(C)CCN(C2=Nc3ccccc3Nc3sc(C)cc32)CC1. The molecule has 1 saturated heterocycles. The van der Waals surface area contributed by atoms with Crippen molar-refractivity contribution in [1.82, 2.24) is 4.90 Å². The topological polar surface area (TPSA) is 53.9 Å². The summed E-state index contributed by atoms with van der Waals surface area (Å²) in [5.41, 5.74) is 3.19. The molecule has 1 fully saturated rings. The number of rotatable bonds is 4. The number of aliphatic imine (C=N–C) groups is 1. The van der Waals surface area contributed by atoms with Gasteiger partial charge in [0.25, 0.3) is 0 Å². The third-order valence-electron chi connectivity index (χ3n) is 5.59. The van der Waals surface area contributed by atoms with Crippen LogP contribution < -0.4 is 5.32 Å². The second kappa shape index (κ2) is 8.16. The van der Waals surface area contributed by atoms with Crippen molar-refractivity contribution in [3.63, 3.8) is 0 Å². The number of quaternary nitrogens is 1. The van der Waals surface area contributed by atoms with E-state index >= 15 is 0 Å². The van der Waals surface area contributed by atoms with Gasteiger partial charge in [-0.05, 0) is 31.5 Å². The molecule has 2 aliphatic rings. The fourth-order valence-electron chi connectivity index (χ4n) is 3.78. The van der Waals surface area contributed by atoms with E-state index in [1.165, 1.54) is 10.4 Å². The van der Waals surface area contributed by atoms with Crippen LogP contribution in [-0.2, 0) is 9.53 Å². The van der Waals surface area contributed by atoms with E-state index < -0.39 is 0 Å². The summed E-state index contributed by atoms with van der Waals surface area (Å²) in [4.78, 5) is 20.5. The predicted octanol–water partition coefficient (Wildman–Crippen LogP) is 4.25. The van der Waals surface area contributed by atoms with Gasteiger partial charge < -0.3 is 15.0 Å². The van der Waals surface area contributed by atoms with Crippen LogP contribution in [0, 0.1) is 6.92 Å². The lowest BCUT2D eigenvalue weighted by Gasteiger charge is -2.42. The number of piperazine rings is 1. The maximum atomic E-state index is 11.8. The minimum absolute atomic E-state index is 0.0940. The molecule has 2 aliphatic heterocycles. The lowest BCUT2D eigenvalue weighted by Crippen LogP contribution is -2.59. The van der Waals surface area contributed by atoms with E-state index in [1.54, 1.807) is 11.3 Å². The highest BCUT2D eigenvalue weighted by Gasteiger charge is 2.33. The van der Waals surface area contributed by atoms with Crippen molar-refractivity contribution in [2.24, 2.45) is 4.99 Å². The van der Waals surface area contributed by atoms with Crippen LogP contribution in [0.1, 0.15) is 30.2 Å². The molecule has 29 heavy (non-hydrogen) atoms. The third kappa shape index (κ3) is 4.31. The van der Waals surface area contributed by atoms with Crippen molar-refractivity contribution >= 4 is 39.5 Å². The molecule has 154 valence electrons. The van der Waals surface area contributed by atoms with E-state index in [0.717, 1.165) is 59.3 Å². The van der Waals surface area contributed by atoms with Crippen molar-refractivity contribution in [3.05, 3.63) is 40.8 Å². The second-order valence-corrected chi connectivity index (χ2v) is 9.38. The maximum absolute atomic E-state index is 11.8. The van der Waals surface area contributed by atoms with Crippen molar-refractivity contribution in [2.45, 2.75) is 26.7 Å². The zero-order valence-corrected chi connectivity index (χ0v) is 18.2. The number of aryl methyl sites for hydroxylation is 1. The van der Waals surface area contributed by atoms with Gasteiger partial charge in [0.15, 0.2) is 0 Å². The molecule has 0 aliphatic carbocycles. The summed E-state index contributed by atoms with van der Waals surface area (Å²) in [5, 5.41) is 4.72. The molecule has 0 bridgehead atoms. The monoisotopic (exact) mass is 413 g/mol. The lowest BCUT2D eigenvalue weighted by molar-refractivity contribution is -0.929. The molecular weight excluding hydrogens is 384 g/mol. The van der Waals surface area contributed by atoms with E-state index in [-0.39, 0.29) is 5.97 Å². The number of likely N-dealkylation sites (N-methyl/N-ethyl adjacent to an activating group) is 1. The van der Waals surface area contributed by atoms with Crippen molar-refractivity contribution < 1.29 is 14.0 Å². The Morgan fingerprint density at radius 2 is 2.07 bits per heavy atom. The first-order valence-electron chi connectivity index (χ1n) is 10.3. The molecule has 0 radical (unpaired) electrons. The van der Waals surface area contributed by atoms with Crippen LogP contribution in [0.25, 0.3) is 0 Å². The maximum Gasteiger partial charge on any atom is 0.310 e. The molecule has 2 aromatic rings. The molecule has 1 N–H and O–H groups in total. The number of para-hydroxylation sites is 2. The minimum Gasteiger partial charge on any atom is -0.415 e. The molecule has 0 atom stereocenters. The molecule has 7 heteroatoms. The van der Waals surface area contributed by atoms with Crippen LogP contribution in [0.5, 0.6) is 0 Å². The van der Waals surface area contributed by atoms with Crippen molar-refractivity contribution in [2.75, 3.05) is 45.3 Å². The average molecular weight is 414 g/mol. The average Bonchev–Trinajstić information content (AvgIpc) is 2.99. The molecule has 6 nitrogen and oxygen atoms in total. The number of nitrogens with one attached hydrogen (secondary N) is 1. The van der Waals surface area contributed by atoms with Gasteiger partial charge in [-0.1, -0.05) is 19.1 Å². The van der Waals surface area contributed by atoms with Gasteiger partial charge >= 0.3 is 5.97 Å². The van der Waals surface area contributed by atoms with Crippen molar-refractivity contribution in [1.29, 1.82) is 0 Å². The molecular formula is C22H29N4O2S+. The molecule has 4 rings (SSSR count). The number of ether oxygens (including phenoxy) is 1. The Morgan fingerprint density at radius 3 is 2.83 bits per heavy atom. The lowest BCUT2D eigenvalue weighted by atomic mass is 10.2. The fraction of sp³-hybridized carbons (Fsp3) is 0.455. The van der Waals surface area contributed by atoms with E-state index in [9.17, 15) is 4.79 Å². The molecule has 0 unspecified atom stereocenters. The fourth-order valence-corrected chi connectivity index (χ4v) is 4.70. The predicted molar refractivity (Wildman–Crippen MR) is 118 cm³/mol. The number of hydrogen-bond donors (Lipinski definition) is 1. The number of thiophene rings is 1. The summed E-state index contributed by atoms with van der Waals surface area (Å²) in [6.07, 6.45) is 1.32. The molecule has 0 saturated carbocycles. The van der Waals surface area contributed by atoms with Crippen LogP contribution in [0.15, 0.2) is 35.3 Å². The Hall–Kier alpha value is -2.38. The quantitative estimate of drug-likeness (QED) is 0.601. The standard InChI is InChI=1S/C22H29N4O2S/c1-4-7-20(27)28-15-26(3)12-10-25(11-13-26)21-17-14-16(2)29-22(17)24-19-9-6-5-8-18(19)23-21/h5-6,8-9,14,24H,4,7,10-13,15H2,1-3H3/q+1. The van der Waals surface area contributed by atoms with Gasteiger partial charge in [0.05, 0.1) is 50.2 Å². The molecule has 3 heterocycles. The summed E-state index contributed by atoms with van der Waals surface area (Å²) in [6, 6.07) is 10.4. The Kier molecular flexibility index (Phi) is 5.61. The van der Waals surface area contributed by atoms with Crippen molar-refractivity contribution in [3.8, 4) is 0 Å². The summed E-state index contributed by atoms with van der Waals surface area (Å²) >= 11 is 1.77. The number of amidine groups is 1. The van der Waals surface area contributed by atoms with E-state index in [2.05, 4.69) is 42.4 Å². The first kappa shape index (κ1) is 19.9. The minimum atomic E-state index is -0.0940. The number of fused-ring (bicyclic) bond motifs is 2. The molecule has 1 aromatic carbocycles. The van der Waals surface area contributed by atoms with E-state index in [1.807, 2.05) is 19.1 Å². The van der Waals surface area contributed by atoms with Gasteiger partial charge in [-0.3, -0.25) is 9.28 Å². The van der Waals surface area contributed by atoms with Gasteiger partial charge in [0, 0.05) is 11.3 Å². The number of hydrogen-bond acceptors (Lipinski definition) is 6. The van der Waals surface area contributed by atoms with Gasteiger partial charge in [-0.15, -0.1) is 11.3 Å². The van der Waals surface area contributed by atoms with Crippen LogP contribution in [-0.4, -0.2) is 61.1 Å². The summed E-state index contributed by atoms with van der Waals surface area (Å²) < 4.78 is 6.26. The number of carbonyl (C=O) groups excluding carboxylic acids is 1. The van der Waals surface area contributed by atoms with Crippen LogP contribution >= 0.6 is 11.3 Å². The zero-order valence-electron chi connectivity index (χ0n) is 17.4. The third-order valence-corrected chi connectivity index (χ3v) is 6.55. The van der Waals surface area contributed by atoms with Gasteiger partial charge in [0.2, 0.25) is 6.73 Å². The van der Waals surface area contributed by atoms with Gasteiger partial charge in [-0.2, -0.15) is 0 Å². The number of benzene rings is 1. The Balaban J connectivity index is 1.53. The summed E-state index contributed by atoms with van der Waals surface area (Å²) in [5.74, 6) is 0.944. The first-order valence-corrected chi connectivity index (χ1v) is 11.1. The Labute approximate surface area is 176 Å². The molecule has 0 amide bonds. The van der Waals surface area contributed by atoms with Crippen LogP contribution in [0.4, 0.5) is 16.4 Å². The highest BCUT2D eigenvalue weighted by atomic mass is 32.1. The summed E-state index contributed by atoms with van der Waals surface area (Å²) in [7, 11) is 2.17. The second-order valence-electron chi connectivity index (χ2n) is 8.13. The molecule has 0 spiro atoms. The van der Waals surface area contributed by atoms with Gasteiger partial charge in [0.1, 0.15) is 10.8 Å². The Bertz CT molecular complexity index is 929. The number of carbonyl (C=O) groups is 1. The first-order chi connectivity index (χ1) is 14.0. The van der Waals surface area contributed by atoms with Gasteiger partial charge in [-0.25, -0.2) is 4.99 Å². The number of esters is 1. The van der Waals surface area contributed by atoms with E-state index in [4.69, 9.17) is 9.73 Å². The van der Waals surface area contributed by atoms with Crippen LogP contribution in [0.2, 0.25) is 0 Å². The largest absolute Gasteiger partial charge is 0.415 e. The Morgan fingerprint density at radius 1 is 1.31 bits per heavy atom. The number of anilines is 2. The highest BCUT2D eigenvalue weighted by molar-refractivity contribution is 7.16. The smallest absolute Gasteiger partial charge is 0.310 e. The summed E-state index contributed by atoms with van der Waals surface area (Å²) in [6.45, 7) is 8.20. The molecule has 1 aromatic heterocycles. The van der Waals surface area contributed by atoms with Crippen LogP contribution in [0.3, 0.4) is 0 Å². The zero-order chi connectivity index (χ0) is 20.4. The number of nitrogens with zero attached hydrogens (tertiary/aromatic N) is 3. The van der Waals surface area contributed by atoms with E-state index in [0.29, 0.717) is 13.2 Å². The normalized spacial score (nSPS) is 17.5.